The van der Waals surface area contributed by atoms with Crippen LogP contribution in [0, 0.1) is 10.1 Å². The summed E-state index contributed by atoms with van der Waals surface area (Å²) < 4.78 is 27.4. The highest BCUT2D eigenvalue weighted by Crippen LogP contribution is 2.32. The van der Waals surface area contributed by atoms with Gasteiger partial charge in [0.25, 0.3) is 15.7 Å². The molecular weight excluding hydrogens is 344 g/mol. The first kappa shape index (κ1) is 17.2. The Hall–Kier alpha value is -2.65. The third kappa shape index (κ3) is 3.89. The van der Waals surface area contributed by atoms with Gasteiger partial charge in [0, 0.05) is 32.2 Å². The second-order valence-electron chi connectivity index (χ2n) is 5.62. The van der Waals surface area contributed by atoms with Crippen LogP contribution < -0.4 is 14.9 Å². The minimum absolute atomic E-state index is 0.0374. The van der Waals surface area contributed by atoms with Gasteiger partial charge in [-0.05, 0) is 24.3 Å². The van der Waals surface area contributed by atoms with Crippen molar-refractivity contribution in [1.82, 2.24) is 5.32 Å². The van der Waals surface area contributed by atoms with Crippen molar-refractivity contribution in [1.29, 1.82) is 0 Å². The number of hydrogen-bond acceptors (Lipinski definition) is 6. The molecule has 0 saturated carbocycles. The summed E-state index contributed by atoms with van der Waals surface area (Å²) >= 11 is 0. The first-order valence-corrected chi connectivity index (χ1v) is 9.28. The van der Waals surface area contributed by atoms with Crippen molar-refractivity contribution in [3.63, 3.8) is 0 Å². The first-order valence-electron chi connectivity index (χ1n) is 7.79. The maximum atomic E-state index is 12.4. The second kappa shape index (κ2) is 7.08. The van der Waals surface area contributed by atoms with Gasteiger partial charge in [0.1, 0.15) is 5.69 Å². The van der Waals surface area contributed by atoms with E-state index >= 15 is 0 Å². The van der Waals surface area contributed by atoms with Gasteiger partial charge in [-0.15, -0.1) is 0 Å². The molecule has 0 amide bonds. The Morgan fingerprint density at radius 3 is 2.40 bits per heavy atom. The summed E-state index contributed by atoms with van der Waals surface area (Å²) in [5, 5.41) is 14.5. The second-order valence-corrected chi connectivity index (χ2v) is 7.30. The van der Waals surface area contributed by atoms with Crippen LogP contribution in [0.15, 0.2) is 53.4 Å². The van der Waals surface area contributed by atoms with E-state index in [1.165, 1.54) is 30.3 Å². The van der Waals surface area contributed by atoms with Crippen LogP contribution in [-0.2, 0) is 10.0 Å². The topological polar surface area (TPSA) is 105 Å². The number of nitrogens with zero attached hydrogens (tertiary/aromatic N) is 2. The quantitative estimate of drug-likeness (QED) is 0.621. The van der Waals surface area contributed by atoms with Crippen molar-refractivity contribution >= 4 is 27.1 Å². The fourth-order valence-electron chi connectivity index (χ4n) is 2.71. The lowest BCUT2D eigenvalue weighted by Crippen LogP contribution is -2.43. The number of anilines is 2. The highest BCUT2D eigenvalue weighted by molar-refractivity contribution is 7.92. The van der Waals surface area contributed by atoms with Crippen LogP contribution in [0.2, 0.25) is 0 Å². The number of nitrogens with one attached hydrogen (secondary N) is 2. The van der Waals surface area contributed by atoms with Gasteiger partial charge >= 0.3 is 0 Å². The molecule has 1 aliphatic rings. The largest absolute Gasteiger partial charge is 0.363 e. The summed E-state index contributed by atoms with van der Waals surface area (Å²) in [6.07, 6.45) is 0. The number of piperazine rings is 1. The standard InChI is InChI=1S/C16H18N4O4S/c21-20(22)15-7-6-13(12-16(15)19-10-8-17-9-11-19)18-25(23,24)14-4-2-1-3-5-14/h1-7,12,17-18H,8-11H2. The number of hydrogen-bond donors (Lipinski definition) is 2. The van der Waals surface area contributed by atoms with E-state index in [2.05, 4.69) is 10.0 Å². The lowest BCUT2D eigenvalue weighted by Gasteiger charge is -2.29. The van der Waals surface area contributed by atoms with E-state index in [1.54, 1.807) is 18.2 Å². The molecule has 2 N–H and O–H groups in total. The van der Waals surface area contributed by atoms with Gasteiger partial charge < -0.3 is 10.2 Å². The molecule has 1 heterocycles. The third-order valence-corrected chi connectivity index (χ3v) is 5.33. The molecule has 0 spiro atoms. The summed E-state index contributed by atoms with van der Waals surface area (Å²) in [6, 6.07) is 12.2. The molecule has 0 aliphatic carbocycles. The van der Waals surface area contributed by atoms with Crippen LogP contribution in [0.4, 0.5) is 17.1 Å². The van der Waals surface area contributed by atoms with E-state index in [1.807, 2.05) is 4.90 Å². The van der Waals surface area contributed by atoms with Gasteiger partial charge in [0.15, 0.2) is 0 Å². The summed E-state index contributed by atoms with van der Waals surface area (Å²) in [5.41, 5.74) is 0.673. The van der Waals surface area contributed by atoms with Gasteiger partial charge in [-0.2, -0.15) is 0 Å². The molecule has 3 rings (SSSR count). The SMILES string of the molecule is O=[N+]([O-])c1ccc(NS(=O)(=O)c2ccccc2)cc1N1CCNCC1. The summed E-state index contributed by atoms with van der Waals surface area (Å²) in [5.74, 6) is 0. The monoisotopic (exact) mass is 362 g/mol. The molecular formula is C16H18N4O4S. The molecule has 132 valence electrons. The normalized spacial score (nSPS) is 15.0. The molecule has 0 radical (unpaired) electrons. The van der Waals surface area contributed by atoms with Crippen LogP contribution in [-0.4, -0.2) is 39.5 Å². The number of rotatable bonds is 5. The Balaban J connectivity index is 1.93. The molecule has 0 unspecified atom stereocenters. The van der Waals surface area contributed by atoms with Gasteiger partial charge in [-0.3, -0.25) is 14.8 Å². The average Bonchev–Trinajstić information content (AvgIpc) is 2.62. The van der Waals surface area contributed by atoms with Crippen molar-refractivity contribution in [3.05, 3.63) is 58.6 Å². The van der Waals surface area contributed by atoms with Crippen LogP contribution in [0.5, 0.6) is 0 Å². The van der Waals surface area contributed by atoms with E-state index in [9.17, 15) is 18.5 Å². The summed E-state index contributed by atoms with van der Waals surface area (Å²) in [4.78, 5) is 12.9. The lowest BCUT2D eigenvalue weighted by molar-refractivity contribution is -0.384. The molecule has 25 heavy (non-hydrogen) atoms. The first-order chi connectivity index (χ1) is 12.0. The van der Waals surface area contributed by atoms with Crippen molar-refractivity contribution in [2.75, 3.05) is 35.8 Å². The molecule has 0 bridgehead atoms. The van der Waals surface area contributed by atoms with Crippen LogP contribution >= 0.6 is 0 Å². The van der Waals surface area contributed by atoms with E-state index in [4.69, 9.17) is 0 Å². The third-order valence-electron chi connectivity index (χ3n) is 3.94. The molecule has 1 fully saturated rings. The predicted octanol–water partition coefficient (Wildman–Crippen LogP) is 1.81. The number of nitro groups is 1. The van der Waals surface area contributed by atoms with E-state index in [0.29, 0.717) is 24.5 Å². The Bertz CT molecular complexity index is 865. The van der Waals surface area contributed by atoms with E-state index in [-0.39, 0.29) is 10.6 Å². The fourth-order valence-corrected chi connectivity index (χ4v) is 3.78. The fraction of sp³-hybridized carbons (Fsp3) is 0.250. The minimum atomic E-state index is -3.74. The molecule has 9 heteroatoms. The molecule has 8 nitrogen and oxygen atoms in total. The molecule has 1 aliphatic heterocycles. The smallest absolute Gasteiger partial charge is 0.292 e. The summed E-state index contributed by atoms with van der Waals surface area (Å²) in [7, 11) is -3.74. The molecule has 2 aromatic carbocycles. The molecule has 0 aromatic heterocycles. The van der Waals surface area contributed by atoms with Gasteiger partial charge in [0.05, 0.1) is 15.5 Å². The van der Waals surface area contributed by atoms with Gasteiger partial charge in [-0.1, -0.05) is 18.2 Å². The predicted molar refractivity (Wildman–Crippen MR) is 95.4 cm³/mol. The maximum absolute atomic E-state index is 12.4. The lowest BCUT2D eigenvalue weighted by atomic mass is 10.2. The highest BCUT2D eigenvalue weighted by atomic mass is 32.2. The molecule has 2 aromatic rings. The van der Waals surface area contributed by atoms with Crippen molar-refractivity contribution in [2.24, 2.45) is 0 Å². The van der Waals surface area contributed by atoms with E-state index in [0.717, 1.165) is 13.1 Å². The number of sulfonamides is 1. The molecule has 0 atom stereocenters. The van der Waals surface area contributed by atoms with Crippen LogP contribution in [0.25, 0.3) is 0 Å². The Morgan fingerprint density at radius 1 is 1.08 bits per heavy atom. The zero-order chi connectivity index (χ0) is 17.9. The van der Waals surface area contributed by atoms with Crippen molar-refractivity contribution in [2.45, 2.75) is 4.90 Å². The zero-order valence-electron chi connectivity index (χ0n) is 13.4. The number of nitro benzene ring substituents is 1. The van der Waals surface area contributed by atoms with Crippen molar-refractivity contribution < 1.29 is 13.3 Å². The van der Waals surface area contributed by atoms with Crippen molar-refractivity contribution in [3.8, 4) is 0 Å². The van der Waals surface area contributed by atoms with E-state index < -0.39 is 14.9 Å². The summed E-state index contributed by atoms with van der Waals surface area (Å²) in [6.45, 7) is 2.68. The van der Waals surface area contributed by atoms with Gasteiger partial charge in [0.2, 0.25) is 0 Å². The highest BCUT2D eigenvalue weighted by Gasteiger charge is 2.23. The van der Waals surface area contributed by atoms with Crippen LogP contribution in [0.3, 0.4) is 0 Å². The maximum Gasteiger partial charge on any atom is 0.292 e. The minimum Gasteiger partial charge on any atom is -0.363 e. The molecule has 1 saturated heterocycles. The van der Waals surface area contributed by atoms with Crippen LogP contribution in [0.1, 0.15) is 0 Å². The Kier molecular flexibility index (Phi) is 4.86. The zero-order valence-corrected chi connectivity index (χ0v) is 14.2. The average molecular weight is 362 g/mol. The van der Waals surface area contributed by atoms with Gasteiger partial charge in [-0.25, -0.2) is 8.42 Å². The number of benzene rings is 2. The Labute approximate surface area is 145 Å². The Morgan fingerprint density at radius 2 is 1.76 bits per heavy atom.